The summed E-state index contributed by atoms with van der Waals surface area (Å²) in [6.45, 7) is 4.50. The van der Waals surface area contributed by atoms with Crippen LogP contribution in [-0.4, -0.2) is 47.8 Å². The van der Waals surface area contributed by atoms with Crippen molar-refractivity contribution >= 4 is 5.97 Å². The molecule has 2 rings (SSSR count). The molecule has 2 aliphatic heterocycles. The summed E-state index contributed by atoms with van der Waals surface area (Å²) < 4.78 is 5.46. The van der Waals surface area contributed by atoms with Gasteiger partial charge in [-0.2, -0.15) is 0 Å². The van der Waals surface area contributed by atoms with Gasteiger partial charge in [0.2, 0.25) is 0 Å². The molecule has 2 heterocycles. The minimum absolute atomic E-state index is 0.258. The van der Waals surface area contributed by atoms with E-state index in [1.807, 2.05) is 0 Å². The Balaban J connectivity index is 2.06. The van der Waals surface area contributed by atoms with E-state index in [0.717, 1.165) is 38.8 Å². The second-order valence-corrected chi connectivity index (χ2v) is 5.01. The first-order valence-electron chi connectivity index (χ1n) is 6.26. The van der Waals surface area contributed by atoms with Crippen molar-refractivity contribution in [2.75, 3.05) is 19.8 Å². The molecule has 0 saturated carbocycles. The lowest BCUT2D eigenvalue weighted by atomic mass is 9.88. The maximum Gasteiger partial charge on any atom is 0.321 e. The Bertz CT molecular complexity index is 251. The third-order valence-electron chi connectivity index (χ3n) is 3.83. The third kappa shape index (κ3) is 2.38. The quantitative estimate of drug-likeness (QED) is 0.773. The van der Waals surface area contributed by atoms with Crippen LogP contribution in [0.5, 0.6) is 0 Å². The number of carboxylic acids is 1. The van der Waals surface area contributed by atoms with Crippen molar-refractivity contribution in [3.05, 3.63) is 0 Å². The molecule has 0 aromatic carbocycles. The molecule has 0 aromatic rings. The second-order valence-electron chi connectivity index (χ2n) is 5.01. The average molecular weight is 227 g/mol. The third-order valence-corrected chi connectivity index (χ3v) is 3.83. The fourth-order valence-electron chi connectivity index (χ4n) is 3.00. The molecule has 2 saturated heterocycles. The highest BCUT2D eigenvalue weighted by molar-refractivity contribution is 5.74. The largest absolute Gasteiger partial charge is 0.480 e. The summed E-state index contributed by atoms with van der Waals surface area (Å²) in [4.78, 5) is 13.5. The maximum absolute atomic E-state index is 11.3. The van der Waals surface area contributed by atoms with Crippen LogP contribution in [0.15, 0.2) is 0 Å². The Morgan fingerprint density at radius 3 is 2.81 bits per heavy atom. The van der Waals surface area contributed by atoms with Gasteiger partial charge >= 0.3 is 5.97 Å². The first-order chi connectivity index (χ1) is 7.70. The van der Waals surface area contributed by atoms with Crippen molar-refractivity contribution in [3.63, 3.8) is 0 Å². The average Bonchev–Trinajstić information content (AvgIpc) is 2.29. The molecule has 2 aliphatic rings. The van der Waals surface area contributed by atoms with E-state index in [1.54, 1.807) is 0 Å². The number of aliphatic carboxylic acids is 1. The number of carboxylic acid groups (broad SMARTS) is 1. The molecule has 4 nitrogen and oxygen atoms in total. The molecule has 0 aromatic heterocycles. The number of likely N-dealkylation sites (tertiary alicyclic amines) is 1. The van der Waals surface area contributed by atoms with E-state index in [2.05, 4.69) is 11.8 Å². The van der Waals surface area contributed by atoms with E-state index in [9.17, 15) is 9.90 Å². The van der Waals surface area contributed by atoms with Crippen LogP contribution in [0.2, 0.25) is 0 Å². The van der Waals surface area contributed by atoms with Gasteiger partial charge in [0.05, 0.1) is 6.61 Å². The van der Waals surface area contributed by atoms with Crippen LogP contribution in [0.25, 0.3) is 0 Å². The van der Waals surface area contributed by atoms with Crippen molar-refractivity contribution in [3.8, 4) is 0 Å². The fraction of sp³-hybridized carbons (Fsp3) is 0.917. The topological polar surface area (TPSA) is 49.8 Å². The van der Waals surface area contributed by atoms with Gasteiger partial charge < -0.3 is 9.84 Å². The van der Waals surface area contributed by atoms with Crippen molar-refractivity contribution in [1.82, 2.24) is 4.90 Å². The molecular weight excluding hydrogens is 206 g/mol. The predicted molar refractivity (Wildman–Crippen MR) is 60.4 cm³/mol. The molecule has 3 unspecified atom stereocenters. The lowest BCUT2D eigenvalue weighted by Gasteiger charge is -2.43. The molecule has 4 heteroatoms. The number of carbonyl (C=O) groups is 1. The van der Waals surface area contributed by atoms with Gasteiger partial charge in [-0.05, 0) is 38.1 Å². The van der Waals surface area contributed by atoms with Crippen LogP contribution in [0.1, 0.15) is 32.6 Å². The zero-order valence-corrected chi connectivity index (χ0v) is 9.89. The maximum atomic E-state index is 11.3. The summed E-state index contributed by atoms with van der Waals surface area (Å²) in [5.41, 5.74) is 0. The molecule has 16 heavy (non-hydrogen) atoms. The van der Waals surface area contributed by atoms with Crippen LogP contribution in [0.3, 0.4) is 0 Å². The summed E-state index contributed by atoms with van der Waals surface area (Å²) in [6.07, 6.45) is 4.28. The number of hydrogen-bond donors (Lipinski definition) is 1. The van der Waals surface area contributed by atoms with E-state index in [1.165, 1.54) is 0 Å². The van der Waals surface area contributed by atoms with Crippen molar-refractivity contribution < 1.29 is 14.6 Å². The molecule has 0 spiro atoms. The predicted octanol–water partition coefficient (Wildman–Crippen LogP) is 1.35. The molecule has 2 fully saturated rings. The normalized spacial score (nSPS) is 37.2. The van der Waals surface area contributed by atoms with E-state index in [0.29, 0.717) is 12.6 Å². The highest BCUT2D eigenvalue weighted by Crippen LogP contribution is 2.28. The summed E-state index contributed by atoms with van der Waals surface area (Å²) in [6, 6.07) is 0.0121. The number of piperidine rings is 1. The fourth-order valence-corrected chi connectivity index (χ4v) is 3.00. The molecule has 1 N–H and O–H groups in total. The zero-order valence-electron chi connectivity index (χ0n) is 9.89. The van der Waals surface area contributed by atoms with Gasteiger partial charge in [-0.3, -0.25) is 9.69 Å². The smallest absolute Gasteiger partial charge is 0.321 e. The molecule has 0 amide bonds. The van der Waals surface area contributed by atoms with E-state index in [-0.39, 0.29) is 12.0 Å². The van der Waals surface area contributed by atoms with Gasteiger partial charge in [0.25, 0.3) is 0 Å². The van der Waals surface area contributed by atoms with Crippen molar-refractivity contribution in [2.24, 2.45) is 5.92 Å². The van der Waals surface area contributed by atoms with Crippen LogP contribution in [0.4, 0.5) is 0 Å². The van der Waals surface area contributed by atoms with Crippen LogP contribution >= 0.6 is 0 Å². The molecular formula is C12H21NO3. The van der Waals surface area contributed by atoms with Crippen molar-refractivity contribution in [1.29, 1.82) is 0 Å². The van der Waals surface area contributed by atoms with Gasteiger partial charge in [-0.25, -0.2) is 0 Å². The van der Waals surface area contributed by atoms with Gasteiger partial charge in [0.15, 0.2) is 0 Å². The number of ether oxygens (including phenoxy) is 1. The number of hydrogen-bond acceptors (Lipinski definition) is 3. The highest BCUT2D eigenvalue weighted by Gasteiger charge is 2.38. The minimum Gasteiger partial charge on any atom is -0.480 e. The van der Waals surface area contributed by atoms with Crippen LogP contribution < -0.4 is 0 Å². The van der Waals surface area contributed by atoms with Gasteiger partial charge in [-0.15, -0.1) is 0 Å². The Labute approximate surface area is 96.6 Å². The Morgan fingerprint density at radius 2 is 2.19 bits per heavy atom. The minimum atomic E-state index is -0.669. The Morgan fingerprint density at radius 1 is 1.38 bits per heavy atom. The molecule has 92 valence electrons. The summed E-state index contributed by atoms with van der Waals surface area (Å²) >= 11 is 0. The van der Waals surface area contributed by atoms with Crippen LogP contribution in [0, 0.1) is 5.92 Å². The summed E-state index contributed by atoms with van der Waals surface area (Å²) in [5, 5.41) is 9.33. The SMILES string of the molecule is CC1CCCN(C2CCCOC2)C1C(=O)O. The Hall–Kier alpha value is -0.610. The first-order valence-corrected chi connectivity index (χ1v) is 6.26. The number of rotatable bonds is 2. The van der Waals surface area contributed by atoms with Gasteiger partial charge in [0.1, 0.15) is 6.04 Å². The van der Waals surface area contributed by atoms with E-state index in [4.69, 9.17) is 4.74 Å². The summed E-state index contributed by atoms with van der Waals surface area (Å²) in [5.74, 6) is -0.411. The van der Waals surface area contributed by atoms with Crippen LogP contribution in [-0.2, 0) is 9.53 Å². The van der Waals surface area contributed by atoms with Gasteiger partial charge in [-0.1, -0.05) is 6.92 Å². The molecule has 0 aliphatic carbocycles. The van der Waals surface area contributed by atoms with Crippen molar-refractivity contribution in [2.45, 2.75) is 44.7 Å². The molecule has 3 atom stereocenters. The lowest BCUT2D eigenvalue weighted by Crippen LogP contribution is -2.55. The number of nitrogens with zero attached hydrogens (tertiary/aromatic N) is 1. The van der Waals surface area contributed by atoms with E-state index >= 15 is 0 Å². The van der Waals surface area contributed by atoms with E-state index < -0.39 is 5.97 Å². The monoisotopic (exact) mass is 227 g/mol. The summed E-state index contributed by atoms with van der Waals surface area (Å²) in [7, 11) is 0. The zero-order chi connectivity index (χ0) is 11.5. The molecule has 0 radical (unpaired) electrons. The first kappa shape index (κ1) is 11.9. The lowest BCUT2D eigenvalue weighted by molar-refractivity contribution is -0.150. The van der Waals surface area contributed by atoms with Gasteiger partial charge in [0, 0.05) is 12.6 Å². The molecule has 0 bridgehead atoms. The standard InChI is InChI=1S/C12H21NO3/c1-9-4-2-6-13(11(9)12(14)15)10-5-3-7-16-8-10/h9-11H,2-8H2,1H3,(H,14,15). The highest BCUT2D eigenvalue weighted by atomic mass is 16.5. The second kappa shape index (κ2) is 5.15. The Kier molecular flexibility index (Phi) is 3.82.